The summed E-state index contributed by atoms with van der Waals surface area (Å²) < 4.78 is 11.1. The Bertz CT molecular complexity index is 563. The summed E-state index contributed by atoms with van der Waals surface area (Å²) in [7, 11) is 0. The highest BCUT2D eigenvalue weighted by Crippen LogP contribution is 2.28. The first-order valence-electron chi connectivity index (χ1n) is 5.13. The maximum atomic E-state index is 5.60. The monoisotopic (exact) mass is 210 g/mol. The molecule has 0 saturated heterocycles. The maximum absolute atomic E-state index is 5.60. The van der Waals surface area contributed by atoms with Crippen LogP contribution in [0.4, 0.5) is 0 Å². The molecule has 1 heterocycles. The second-order valence-electron chi connectivity index (χ2n) is 3.52. The zero-order valence-electron chi connectivity index (χ0n) is 8.59. The Labute approximate surface area is 93.1 Å². The van der Waals surface area contributed by atoms with Crippen molar-refractivity contribution in [2.45, 2.75) is 0 Å². The van der Waals surface area contributed by atoms with Crippen LogP contribution in [0.3, 0.4) is 0 Å². The fraction of sp³-hybridized carbons (Fsp3) is 0. The molecule has 0 bridgehead atoms. The zero-order valence-corrected chi connectivity index (χ0v) is 8.59. The first-order valence-corrected chi connectivity index (χ1v) is 5.13. The molecule has 0 unspecified atom stereocenters. The van der Waals surface area contributed by atoms with Crippen molar-refractivity contribution in [2.24, 2.45) is 0 Å². The molecule has 3 aromatic rings. The molecule has 0 atom stereocenters. The molecule has 0 saturated carbocycles. The highest BCUT2D eigenvalue weighted by atomic mass is 16.6. The summed E-state index contributed by atoms with van der Waals surface area (Å²) in [6.07, 6.45) is 0. The molecule has 2 nitrogen and oxygen atoms in total. The molecule has 0 fully saturated rings. The molecular formula is C14H10O2. The van der Waals surface area contributed by atoms with E-state index < -0.39 is 0 Å². The highest BCUT2D eigenvalue weighted by Gasteiger charge is 2.04. The molecular weight excluding hydrogens is 200 g/mol. The van der Waals surface area contributed by atoms with Gasteiger partial charge in [0, 0.05) is 11.5 Å². The van der Waals surface area contributed by atoms with Gasteiger partial charge in [0.1, 0.15) is 11.3 Å². The summed E-state index contributed by atoms with van der Waals surface area (Å²) in [4.78, 5) is 0. The van der Waals surface area contributed by atoms with Crippen LogP contribution < -0.4 is 4.74 Å². The van der Waals surface area contributed by atoms with E-state index in [0.29, 0.717) is 5.95 Å². The van der Waals surface area contributed by atoms with Gasteiger partial charge < -0.3 is 9.15 Å². The average molecular weight is 210 g/mol. The van der Waals surface area contributed by atoms with Crippen LogP contribution in [0.15, 0.2) is 65.1 Å². The van der Waals surface area contributed by atoms with Crippen LogP contribution in [0.25, 0.3) is 11.0 Å². The topological polar surface area (TPSA) is 22.4 Å². The van der Waals surface area contributed by atoms with Gasteiger partial charge in [0.15, 0.2) is 0 Å². The van der Waals surface area contributed by atoms with Crippen molar-refractivity contribution in [1.82, 2.24) is 0 Å². The molecule has 3 rings (SSSR count). The normalized spacial score (nSPS) is 10.5. The average Bonchev–Trinajstić information content (AvgIpc) is 2.72. The molecule has 0 aliphatic rings. The number of fused-ring (bicyclic) bond motifs is 1. The van der Waals surface area contributed by atoms with Crippen LogP contribution >= 0.6 is 0 Å². The number of hydrogen-bond acceptors (Lipinski definition) is 2. The summed E-state index contributed by atoms with van der Waals surface area (Å²) >= 11 is 0. The maximum Gasteiger partial charge on any atom is 0.290 e. The van der Waals surface area contributed by atoms with Gasteiger partial charge in [0.25, 0.3) is 5.95 Å². The lowest BCUT2D eigenvalue weighted by molar-refractivity contribution is 0.360. The Morgan fingerprint density at radius 1 is 0.812 bits per heavy atom. The third-order valence-electron chi connectivity index (χ3n) is 2.36. The smallest absolute Gasteiger partial charge is 0.290 e. The van der Waals surface area contributed by atoms with E-state index in [1.54, 1.807) is 0 Å². The Hall–Kier alpha value is -2.22. The summed E-state index contributed by atoms with van der Waals surface area (Å²) in [5.74, 6) is 1.30. The number of benzene rings is 2. The van der Waals surface area contributed by atoms with E-state index in [2.05, 4.69) is 0 Å². The highest BCUT2D eigenvalue weighted by molar-refractivity contribution is 5.78. The summed E-state index contributed by atoms with van der Waals surface area (Å²) in [5, 5.41) is 1.05. The number of hydrogen-bond donors (Lipinski definition) is 0. The largest absolute Gasteiger partial charge is 0.426 e. The van der Waals surface area contributed by atoms with Gasteiger partial charge >= 0.3 is 0 Å². The van der Waals surface area contributed by atoms with Crippen molar-refractivity contribution < 1.29 is 9.15 Å². The standard InChI is InChI=1S/C14H10O2/c1-2-7-12(8-3-1)15-14-10-11-6-4-5-9-13(11)16-14/h1-10H. The molecule has 78 valence electrons. The molecule has 2 aromatic carbocycles. The van der Waals surface area contributed by atoms with Gasteiger partial charge in [-0.05, 0) is 18.2 Å². The molecule has 0 N–H and O–H groups in total. The molecule has 0 aliphatic heterocycles. The van der Waals surface area contributed by atoms with Gasteiger partial charge in [0.05, 0.1) is 0 Å². The second kappa shape index (κ2) is 3.74. The van der Waals surface area contributed by atoms with Gasteiger partial charge in [-0.2, -0.15) is 0 Å². The number of para-hydroxylation sites is 2. The van der Waals surface area contributed by atoms with Gasteiger partial charge in [0.2, 0.25) is 0 Å². The van der Waals surface area contributed by atoms with E-state index in [1.807, 2.05) is 60.7 Å². The number of furan rings is 1. The van der Waals surface area contributed by atoms with Gasteiger partial charge in [-0.15, -0.1) is 0 Å². The molecule has 16 heavy (non-hydrogen) atoms. The summed E-state index contributed by atoms with van der Waals surface area (Å²) in [5.41, 5.74) is 0.841. The van der Waals surface area contributed by atoms with Crippen molar-refractivity contribution >= 4 is 11.0 Å². The van der Waals surface area contributed by atoms with Crippen molar-refractivity contribution in [1.29, 1.82) is 0 Å². The molecule has 0 aliphatic carbocycles. The van der Waals surface area contributed by atoms with Crippen molar-refractivity contribution in [3.8, 4) is 11.7 Å². The van der Waals surface area contributed by atoms with Gasteiger partial charge in [-0.1, -0.05) is 36.4 Å². The summed E-state index contributed by atoms with van der Waals surface area (Å²) in [6.45, 7) is 0. The molecule has 0 amide bonds. The lowest BCUT2D eigenvalue weighted by Gasteiger charge is -1.99. The quantitative estimate of drug-likeness (QED) is 0.631. The van der Waals surface area contributed by atoms with E-state index in [9.17, 15) is 0 Å². The first-order chi connectivity index (χ1) is 7.92. The van der Waals surface area contributed by atoms with Gasteiger partial charge in [-0.3, -0.25) is 0 Å². The Morgan fingerprint density at radius 3 is 2.38 bits per heavy atom. The predicted molar refractivity (Wildman–Crippen MR) is 62.7 cm³/mol. The minimum Gasteiger partial charge on any atom is -0.426 e. The molecule has 0 spiro atoms. The Morgan fingerprint density at radius 2 is 1.56 bits per heavy atom. The van der Waals surface area contributed by atoms with Crippen molar-refractivity contribution in [3.63, 3.8) is 0 Å². The predicted octanol–water partition coefficient (Wildman–Crippen LogP) is 4.23. The van der Waals surface area contributed by atoms with Crippen LogP contribution in [-0.4, -0.2) is 0 Å². The van der Waals surface area contributed by atoms with E-state index >= 15 is 0 Å². The molecule has 2 heteroatoms. The Balaban J connectivity index is 1.95. The van der Waals surface area contributed by atoms with Crippen LogP contribution in [0.1, 0.15) is 0 Å². The van der Waals surface area contributed by atoms with E-state index in [0.717, 1.165) is 16.7 Å². The summed E-state index contributed by atoms with van der Waals surface area (Å²) in [6, 6.07) is 19.3. The van der Waals surface area contributed by atoms with Crippen LogP contribution in [0.5, 0.6) is 11.7 Å². The van der Waals surface area contributed by atoms with E-state index in [1.165, 1.54) is 0 Å². The lowest BCUT2D eigenvalue weighted by atomic mass is 10.3. The number of rotatable bonds is 2. The fourth-order valence-electron chi connectivity index (χ4n) is 1.61. The Kier molecular flexibility index (Phi) is 2.11. The van der Waals surface area contributed by atoms with Gasteiger partial charge in [-0.25, -0.2) is 0 Å². The van der Waals surface area contributed by atoms with Crippen LogP contribution in [0.2, 0.25) is 0 Å². The zero-order chi connectivity index (χ0) is 10.8. The van der Waals surface area contributed by atoms with Crippen LogP contribution in [0, 0.1) is 0 Å². The first kappa shape index (κ1) is 9.04. The minimum atomic E-state index is 0.521. The third-order valence-corrected chi connectivity index (χ3v) is 2.36. The SMILES string of the molecule is c1ccc(Oc2cc3ccccc3o2)cc1. The van der Waals surface area contributed by atoms with Crippen molar-refractivity contribution in [2.75, 3.05) is 0 Å². The minimum absolute atomic E-state index is 0.521. The van der Waals surface area contributed by atoms with E-state index in [-0.39, 0.29) is 0 Å². The fourth-order valence-corrected chi connectivity index (χ4v) is 1.61. The lowest BCUT2D eigenvalue weighted by Crippen LogP contribution is -1.79. The number of ether oxygens (including phenoxy) is 1. The van der Waals surface area contributed by atoms with E-state index in [4.69, 9.17) is 9.15 Å². The van der Waals surface area contributed by atoms with Crippen LogP contribution in [-0.2, 0) is 0 Å². The molecule has 0 radical (unpaired) electrons. The molecule has 1 aromatic heterocycles. The van der Waals surface area contributed by atoms with Crippen molar-refractivity contribution in [3.05, 3.63) is 60.7 Å². The third kappa shape index (κ3) is 1.65. The second-order valence-corrected chi connectivity index (χ2v) is 3.52.